The number of pyridine rings is 1. The Morgan fingerprint density at radius 1 is 1.21 bits per heavy atom. The molecule has 2 aromatic heterocycles. The van der Waals surface area contributed by atoms with Crippen molar-refractivity contribution in [2.45, 2.75) is 37.8 Å². The molecule has 2 fully saturated rings. The largest absolute Gasteiger partial charge is 0.492 e. The van der Waals surface area contributed by atoms with Gasteiger partial charge in [-0.25, -0.2) is 14.6 Å². The number of carbonyl (C=O) groups excluding carboxylic acids is 1. The van der Waals surface area contributed by atoms with Gasteiger partial charge in [0.05, 0.1) is 22.3 Å². The van der Waals surface area contributed by atoms with Gasteiger partial charge >= 0.3 is 0 Å². The van der Waals surface area contributed by atoms with Crippen LogP contribution in [0, 0.1) is 5.41 Å². The van der Waals surface area contributed by atoms with E-state index < -0.39 is 11.9 Å². The maximum atomic E-state index is 13.4. The van der Waals surface area contributed by atoms with E-state index in [0.717, 1.165) is 35.2 Å². The first-order valence-corrected chi connectivity index (χ1v) is 14.3. The van der Waals surface area contributed by atoms with Crippen LogP contribution >= 0.6 is 35.1 Å². The van der Waals surface area contributed by atoms with Gasteiger partial charge in [-0.15, -0.1) is 5.10 Å². The number of hydrogen-bond donors (Lipinski definition) is 4. The summed E-state index contributed by atoms with van der Waals surface area (Å²) in [6.45, 7) is 2.20. The van der Waals surface area contributed by atoms with E-state index in [9.17, 15) is 9.90 Å². The summed E-state index contributed by atoms with van der Waals surface area (Å²) in [4.78, 5) is 22.9. The number of amides is 1. The van der Waals surface area contributed by atoms with Gasteiger partial charge in [0.2, 0.25) is 11.7 Å². The summed E-state index contributed by atoms with van der Waals surface area (Å²) in [5.41, 5.74) is 4.16. The van der Waals surface area contributed by atoms with E-state index in [4.69, 9.17) is 28.6 Å². The van der Waals surface area contributed by atoms with Gasteiger partial charge < -0.3 is 20.7 Å². The van der Waals surface area contributed by atoms with Crippen molar-refractivity contribution in [3.05, 3.63) is 69.4 Å². The number of likely N-dealkylation sites (tertiary alicyclic amines) is 1. The monoisotopic (exact) mass is 586 g/mol. The molecule has 1 saturated carbocycles. The molecule has 1 amide bonds. The average molecular weight is 588 g/mol. The third-order valence-corrected chi connectivity index (χ3v) is 8.18. The van der Waals surface area contributed by atoms with Crippen LogP contribution in [0.15, 0.2) is 42.4 Å². The van der Waals surface area contributed by atoms with E-state index in [2.05, 4.69) is 31.2 Å². The fourth-order valence-corrected chi connectivity index (χ4v) is 6.05. The van der Waals surface area contributed by atoms with Crippen molar-refractivity contribution in [2.24, 2.45) is 0 Å². The number of rotatable bonds is 7. The zero-order chi connectivity index (χ0) is 27.9. The van der Waals surface area contributed by atoms with Crippen LogP contribution in [0.5, 0.6) is 5.88 Å². The van der Waals surface area contributed by atoms with Crippen LogP contribution in [0.3, 0.4) is 0 Å². The minimum atomic E-state index is -0.510. The van der Waals surface area contributed by atoms with Crippen LogP contribution in [0.25, 0.3) is 11.4 Å². The van der Waals surface area contributed by atoms with Crippen molar-refractivity contribution in [1.29, 1.82) is 5.41 Å². The highest BCUT2D eigenvalue weighted by molar-refractivity contribution is 7.96. The van der Waals surface area contributed by atoms with Crippen molar-refractivity contribution in [1.82, 2.24) is 34.7 Å². The molecule has 10 nitrogen and oxygen atoms in total. The fraction of sp³-hybridized carbons (Fsp3) is 0.346. The second-order valence-corrected chi connectivity index (χ2v) is 11.1. The second-order valence-electron chi connectivity index (χ2n) is 9.57. The Morgan fingerprint density at radius 2 is 1.97 bits per heavy atom. The number of benzene rings is 1. The molecule has 1 aliphatic carbocycles. The molecule has 1 unspecified atom stereocenters. The van der Waals surface area contributed by atoms with Gasteiger partial charge in [-0.05, 0) is 67.8 Å². The minimum Gasteiger partial charge on any atom is -0.492 e. The Balaban J connectivity index is 1.40. The Bertz CT molecular complexity index is 1490. The molecular formula is C26H28Cl2N8O2S. The molecule has 1 aliphatic heterocycles. The molecule has 3 heterocycles. The highest BCUT2D eigenvalue weighted by atomic mass is 35.5. The van der Waals surface area contributed by atoms with E-state index in [1.165, 1.54) is 23.3 Å². The molecule has 204 valence electrons. The predicted molar refractivity (Wildman–Crippen MR) is 154 cm³/mol. The van der Waals surface area contributed by atoms with Crippen molar-refractivity contribution < 1.29 is 9.90 Å². The average Bonchev–Trinajstić information content (AvgIpc) is 3.53. The third-order valence-electron chi connectivity index (χ3n) is 7.16. The zero-order valence-electron chi connectivity index (χ0n) is 21.6. The molecule has 1 aromatic carbocycles. The summed E-state index contributed by atoms with van der Waals surface area (Å²) in [5.74, 6) is -0.744. The van der Waals surface area contributed by atoms with Crippen molar-refractivity contribution >= 4 is 52.5 Å². The van der Waals surface area contributed by atoms with Gasteiger partial charge in [0.1, 0.15) is 12.0 Å². The van der Waals surface area contributed by atoms with Gasteiger partial charge in [-0.3, -0.25) is 9.52 Å². The normalized spacial score (nSPS) is 19.7. The molecule has 2 aliphatic rings. The van der Waals surface area contributed by atoms with E-state index in [-0.39, 0.29) is 22.9 Å². The first-order valence-electron chi connectivity index (χ1n) is 12.4. The number of aromatic hydroxyl groups is 1. The first-order chi connectivity index (χ1) is 18.7. The van der Waals surface area contributed by atoms with Crippen LogP contribution in [-0.2, 0) is 5.54 Å². The summed E-state index contributed by atoms with van der Waals surface area (Å²) in [5, 5.41) is 27.5. The van der Waals surface area contributed by atoms with Crippen LogP contribution < -0.4 is 10.0 Å². The molecule has 1 atom stereocenters. The minimum absolute atomic E-state index is 0.0502. The van der Waals surface area contributed by atoms with Gasteiger partial charge in [0.25, 0.3) is 5.91 Å². The Morgan fingerprint density at radius 3 is 2.67 bits per heavy atom. The number of nitrogens with zero attached hydrogens (tertiary/aromatic N) is 5. The summed E-state index contributed by atoms with van der Waals surface area (Å²) in [6, 6.07) is 7.01. The van der Waals surface area contributed by atoms with Crippen LogP contribution in [-0.4, -0.2) is 67.3 Å². The summed E-state index contributed by atoms with van der Waals surface area (Å²) in [7, 11) is 1.84. The van der Waals surface area contributed by atoms with E-state index >= 15 is 0 Å². The van der Waals surface area contributed by atoms with Gasteiger partial charge in [-0.2, -0.15) is 0 Å². The van der Waals surface area contributed by atoms with E-state index in [0.29, 0.717) is 28.7 Å². The smallest absolute Gasteiger partial charge is 0.294 e. The summed E-state index contributed by atoms with van der Waals surface area (Å²) < 4.78 is 4.76. The number of piperidine rings is 1. The lowest BCUT2D eigenvalue weighted by molar-refractivity contribution is 0.0716. The summed E-state index contributed by atoms with van der Waals surface area (Å²) >= 11 is 14.1. The lowest BCUT2D eigenvalue weighted by Gasteiger charge is -2.35. The SMILES string of the molecule is CN/C(=C1/CCN(C(=O)c2ncn(-c3cc(Cl)cnc3O)n2)C(C)C1=N)c1cc(Cl)cc(C2(NSC)CC2)c1. The lowest BCUT2D eigenvalue weighted by Crippen LogP contribution is -2.48. The number of aromatic nitrogens is 4. The number of carbonyl (C=O) groups is 1. The van der Waals surface area contributed by atoms with Crippen molar-refractivity contribution in [2.75, 3.05) is 19.8 Å². The van der Waals surface area contributed by atoms with Gasteiger partial charge in [0, 0.05) is 36.1 Å². The number of halogens is 2. The number of nitrogens with one attached hydrogen (secondary N) is 3. The van der Waals surface area contributed by atoms with Gasteiger partial charge in [-0.1, -0.05) is 35.1 Å². The third kappa shape index (κ3) is 5.23. The van der Waals surface area contributed by atoms with Crippen molar-refractivity contribution in [3.63, 3.8) is 0 Å². The molecule has 1 saturated heterocycles. The molecule has 5 rings (SSSR count). The Labute approximate surface area is 240 Å². The molecule has 4 N–H and O–H groups in total. The van der Waals surface area contributed by atoms with Crippen LogP contribution in [0.2, 0.25) is 10.0 Å². The number of hydrogen-bond acceptors (Lipinski definition) is 9. The molecule has 0 spiro atoms. The quantitative estimate of drug-likeness (QED) is 0.299. The molecule has 0 radical (unpaired) electrons. The zero-order valence-corrected chi connectivity index (χ0v) is 24.0. The summed E-state index contributed by atoms with van der Waals surface area (Å²) in [6.07, 6.45) is 7.20. The Kier molecular flexibility index (Phi) is 7.60. The fourth-order valence-electron chi connectivity index (χ4n) is 4.95. The molecule has 3 aromatic rings. The topological polar surface area (TPSA) is 132 Å². The molecule has 39 heavy (non-hydrogen) atoms. The highest BCUT2D eigenvalue weighted by Gasteiger charge is 2.44. The molecule has 13 heteroatoms. The second kappa shape index (κ2) is 10.8. The first kappa shape index (κ1) is 27.4. The van der Waals surface area contributed by atoms with E-state index in [1.807, 2.05) is 32.4 Å². The highest BCUT2D eigenvalue weighted by Crippen LogP contribution is 2.48. The molecule has 0 bridgehead atoms. The van der Waals surface area contributed by atoms with Crippen LogP contribution in [0.1, 0.15) is 47.9 Å². The Hall–Kier alpha value is -3.12. The van der Waals surface area contributed by atoms with Gasteiger partial charge in [0.15, 0.2) is 0 Å². The predicted octanol–water partition coefficient (Wildman–Crippen LogP) is 4.42. The van der Waals surface area contributed by atoms with Crippen molar-refractivity contribution in [3.8, 4) is 11.6 Å². The molecular weight excluding hydrogens is 559 g/mol. The maximum Gasteiger partial charge on any atom is 0.294 e. The standard InChI is InChI=1S/C26H28Cl2N8O2S/c1-14-21(29)19(22(30-2)15-8-16(10-17(27)9-15)26(5-6-26)34-39-3)4-7-35(14)25(38)23-32-13-36(33-23)20-11-18(28)12-31-24(20)37/h8-14,29-30,34H,4-7H2,1-3H3,(H,31,37)/b22-19-,29-21?. The van der Waals surface area contributed by atoms with E-state index in [1.54, 1.807) is 16.8 Å². The van der Waals surface area contributed by atoms with Crippen LogP contribution in [0.4, 0.5) is 0 Å². The lowest BCUT2D eigenvalue weighted by atomic mass is 9.90. The maximum absolute atomic E-state index is 13.4.